The normalized spacial score (nSPS) is 27.6. The zero-order chi connectivity index (χ0) is 13.7. The molecule has 1 atom stereocenters. The molecular weight excluding hydrogens is 236 g/mol. The summed E-state index contributed by atoms with van der Waals surface area (Å²) in [6.45, 7) is 11.9. The summed E-state index contributed by atoms with van der Waals surface area (Å²) in [6.07, 6.45) is 7.20. The maximum absolute atomic E-state index is 5.85. The van der Waals surface area contributed by atoms with E-state index in [1.54, 1.807) is 0 Å². The van der Waals surface area contributed by atoms with E-state index in [0.29, 0.717) is 0 Å². The smallest absolute Gasteiger partial charge is 0.0600 e. The van der Waals surface area contributed by atoms with Gasteiger partial charge in [0.2, 0.25) is 0 Å². The van der Waals surface area contributed by atoms with Crippen LogP contribution in [0, 0.1) is 5.92 Å². The summed E-state index contributed by atoms with van der Waals surface area (Å²) in [4.78, 5) is 2.58. The largest absolute Gasteiger partial charge is 0.375 e. The van der Waals surface area contributed by atoms with Gasteiger partial charge in [0.25, 0.3) is 0 Å². The molecule has 0 aromatic heterocycles. The molecule has 1 heterocycles. The second-order valence-corrected chi connectivity index (χ2v) is 7.22. The van der Waals surface area contributed by atoms with Gasteiger partial charge in [0.05, 0.1) is 12.2 Å². The molecule has 2 rings (SSSR count). The van der Waals surface area contributed by atoms with E-state index < -0.39 is 0 Å². The Bertz CT molecular complexity index is 256. The van der Waals surface area contributed by atoms with Crippen LogP contribution in [-0.4, -0.2) is 49.3 Å². The number of hydrogen-bond donors (Lipinski definition) is 1. The van der Waals surface area contributed by atoms with Gasteiger partial charge in [-0.05, 0) is 39.5 Å². The Labute approximate surface area is 119 Å². The van der Waals surface area contributed by atoms with Gasteiger partial charge in [-0.25, -0.2) is 0 Å². The van der Waals surface area contributed by atoms with E-state index in [-0.39, 0.29) is 5.60 Å². The molecule has 1 aliphatic heterocycles. The van der Waals surface area contributed by atoms with E-state index in [9.17, 15) is 0 Å². The van der Waals surface area contributed by atoms with Gasteiger partial charge in [0, 0.05) is 32.2 Å². The summed E-state index contributed by atoms with van der Waals surface area (Å²) in [5, 5.41) is 3.74. The molecule has 1 N–H and O–H groups in total. The van der Waals surface area contributed by atoms with Crippen LogP contribution in [0.5, 0.6) is 0 Å². The lowest BCUT2D eigenvalue weighted by Gasteiger charge is -2.39. The van der Waals surface area contributed by atoms with Crippen LogP contribution in [0.2, 0.25) is 0 Å². The molecule has 0 amide bonds. The van der Waals surface area contributed by atoms with Crippen molar-refractivity contribution in [2.75, 3.05) is 32.8 Å². The van der Waals surface area contributed by atoms with Gasteiger partial charge in [-0.1, -0.05) is 19.3 Å². The highest BCUT2D eigenvalue weighted by Crippen LogP contribution is 2.27. The third-order valence-electron chi connectivity index (χ3n) is 4.45. The van der Waals surface area contributed by atoms with E-state index in [2.05, 4.69) is 31.0 Å². The van der Waals surface area contributed by atoms with E-state index in [1.165, 1.54) is 45.2 Å². The predicted molar refractivity (Wildman–Crippen MR) is 80.5 cm³/mol. The first-order valence-electron chi connectivity index (χ1n) is 8.14. The van der Waals surface area contributed by atoms with Gasteiger partial charge < -0.3 is 10.1 Å². The van der Waals surface area contributed by atoms with Crippen molar-refractivity contribution in [1.82, 2.24) is 10.2 Å². The minimum atomic E-state index is -0.00317. The van der Waals surface area contributed by atoms with Crippen molar-refractivity contribution in [3.05, 3.63) is 0 Å². The third-order valence-corrected chi connectivity index (χ3v) is 4.45. The lowest BCUT2D eigenvalue weighted by molar-refractivity contribution is -0.0169. The van der Waals surface area contributed by atoms with E-state index >= 15 is 0 Å². The van der Waals surface area contributed by atoms with Crippen LogP contribution in [-0.2, 0) is 4.74 Å². The Hall–Kier alpha value is -0.120. The number of hydrogen-bond acceptors (Lipinski definition) is 3. The number of nitrogens with one attached hydrogen (secondary N) is 1. The van der Waals surface area contributed by atoms with Gasteiger partial charge in [-0.2, -0.15) is 0 Å². The molecule has 0 bridgehead atoms. The number of rotatable bonds is 4. The van der Waals surface area contributed by atoms with Gasteiger partial charge in [0.1, 0.15) is 0 Å². The molecule has 2 fully saturated rings. The van der Waals surface area contributed by atoms with E-state index in [4.69, 9.17) is 4.74 Å². The zero-order valence-electron chi connectivity index (χ0n) is 13.1. The van der Waals surface area contributed by atoms with Crippen LogP contribution in [0.4, 0.5) is 0 Å². The summed E-state index contributed by atoms with van der Waals surface area (Å²) >= 11 is 0. The molecular formula is C16H32N2O. The molecule has 0 aromatic carbocycles. The molecule has 112 valence electrons. The van der Waals surface area contributed by atoms with Crippen LogP contribution in [0.3, 0.4) is 0 Å². The molecule has 1 aliphatic carbocycles. The van der Waals surface area contributed by atoms with Crippen LogP contribution < -0.4 is 5.32 Å². The Morgan fingerprint density at radius 3 is 2.58 bits per heavy atom. The zero-order valence-corrected chi connectivity index (χ0v) is 13.1. The van der Waals surface area contributed by atoms with Gasteiger partial charge >= 0.3 is 0 Å². The van der Waals surface area contributed by atoms with Crippen molar-refractivity contribution in [2.24, 2.45) is 5.92 Å². The molecule has 3 heteroatoms. The van der Waals surface area contributed by atoms with Crippen molar-refractivity contribution in [3.63, 3.8) is 0 Å². The summed E-state index contributed by atoms with van der Waals surface area (Å²) in [5.41, 5.74) is -0.00317. The highest BCUT2D eigenvalue weighted by molar-refractivity contribution is 4.85. The minimum absolute atomic E-state index is 0.00317. The maximum Gasteiger partial charge on any atom is 0.0600 e. The summed E-state index contributed by atoms with van der Waals surface area (Å²) in [6, 6.07) is 0.726. The average molecular weight is 268 g/mol. The third kappa shape index (κ3) is 5.41. The molecule has 2 aliphatic rings. The van der Waals surface area contributed by atoms with Crippen LogP contribution in [0.1, 0.15) is 52.9 Å². The lowest BCUT2D eigenvalue weighted by atomic mass is 9.83. The fourth-order valence-corrected chi connectivity index (χ4v) is 3.38. The topological polar surface area (TPSA) is 24.5 Å². The van der Waals surface area contributed by atoms with Crippen molar-refractivity contribution >= 4 is 0 Å². The Balaban J connectivity index is 1.70. The SMILES string of the molecule is CC(C)(C)OCCN1CCNC(C2CCCCC2)C1. The Kier molecular flexibility index (Phi) is 5.67. The van der Waals surface area contributed by atoms with Crippen molar-refractivity contribution in [1.29, 1.82) is 0 Å². The van der Waals surface area contributed by atoms with Crippen molar-refractivity contribution < 1.29 is 4.74 Å². The lowest BCUT2D eigenvalue weighted by Crippen LogP contribution is -2.54. The monoisotopic (exact) mass is 268 g/mol. The first kappa shape index (κ1) is 15.3. The number of nitrogens with zero attached hydrogens (tertiary/aromatic N) is 1. The van der Waals surface area contributed by atoms with E-state index in [1.807, 2.05) is 0 Å². The number of piperazine rings is 1. The van der Waals surface area contributed by atoms with Crippen LogP contribution in [0.25, 0.3) is 0 Å². The van der Waals surface area contributed by atoms with Gasteiger partial charge in [0.15, 0.2) is 0 Å². The Morgan fingerprint density at radius 2 is 1.89 bits per heavy atom. The van der Waals surface area contributed by atoms with Crippen LogP contribution in [0.15, 0.2) is 0 Å². The fraction of sp³-hybridized carbons (Fsp3) is 1.00. The predicted octanol–water partition coefficient (Wildman–Crippen LogP) is 2.66. The highest BCUT2D eigenvalue weighted by atomic mass is 16.5. The van der Waals surface area contributed by atoms with Crippen LogP contribution >= 0.6 is 0 Å². The highest BCUT2D eigenvalue weighted by Gasteiger charge is 2.27. The number of ether oxygens (including phenoxy) is 1. The molecule has 1 unspecified atom stereocenters. The molecule has 0 radical (unpaired) electrons. The molecule has 3 nitrogen and oxygen atoms in total. The van der Waals surface area contributed by atoms with E-state index in [0.717, 1.165) is 31.7 Å². The quantitative estimate of drug-likeness (QED) is 0.848. The molecule has 1 saturated carbocycles. The first-order valence-corrected chi connectivity index (χ1v) is 8.14. The first-order chi connectivity index (χ1) is 9.04. The average Bonchev–Trinajstić information content (AvgIpc) is 2.39. The minimum Gasteiger partial charge on any atom is -0.375 e. The van der Waals surface area contributed by atoms with Crippen molar-refractivity contribution in [2.45, 2.75) is 64.5 Å². The van der Waals surface area contributed by atoms with Crippen molar-refractivity contribution in [3.8, 4) is 0 Å². The summed E-state index contributed by atoms with van der Waals surface area (Å²) in [7, 11) is 0. The Morgan fingerprint density at radius 1 is 1.16 bits per heavy atom. The molecule has 19 heavy (non-hydrogen) atoms. The molecule has 1 saturated heterocycles. The fourth-order valence-electron chi connectivity index (χ4n) is 3.38. The summed E-state index contributed by atoms with van der Waals surface area (Å²) in [5.74, 6) is 0.917. The second-order valence-electron chi connectivity index (χ2n) is 7.22. The summed E-state index contributed by atoms with van der Waals surface area (Å²) < 4.78 is 5.85. The second kappa shape index (κ2) is 7.05. The van der Waals surface area contributed by atoms with Gasteiger partial charge in [-0.3, -0.25) is 4.90 Å². The van der Waals surface area contributed by atoms with Gasteiger partial charge in [-0.15, -0.1) is 0 Å². The standard InChI is InChI=1S/C16H32N2O/c1-16(2,3)19-12-11-18-10-9-17-15(13-18)14-7-5-4-6-8-14/h14-15,17H,4-13H2,1-3H3. The molecule has 0 aromatic rings. The maximum atomic E-state index is 5.85. The molecule has 0 spiro atoms.